The Bertz CT molecular complexity index is 817. The van der Waals surface area contributed by atoms with Gasteiger partial charge in [0.25, 0.3) is 5.91 Å². The summed E-state index contributed by atoms with van der Waals surface area (Å²) in [5.74, 6) is 1.72. The SMILES string of the molecule is CNC.NC=O.O=CCCC(C=O)N1Cc2cc(N3CCC(C4CCCCC4)CC3)ccc2C1=O. The van der Waals surface area contributed by atoms with E-state index in [2.05, 4.69) is 28.1 Å². The number of nitrogens with two attached hydrogens (primary N) is 1. The zero-order chi connectivity index (χ0) is 25.6. The van der Waals surface area contributed by atoms with E-state index in [4.69, 9.17) is 4.79 Å². The Morgan fingerprint density at radius 2 is 1.63 bits per heavy atom. The van der Waals surface area contributed by atoms with Crippen molar-refractivity contribution in [2.24, 2.45) is 17.6 Å². The molecule has 0 spiro atoms. The molecule has 0 bridgehead atoms. The summed E-state index contributed by atoms with van der Waals surface area (Å²) in [6.07, 6.45) is 12.2. The Labute approximate surface area is 209 Å². The maximum atomic E-state index is 12.7. The van der Waals surface area contributed by atoms with Gasteiger partial charge in [-0.2, -0.15) is 0 Å². The number of anilines is 1. The smallest absolute Gasteiger partial charge is 0.255 e. The molecule has 2 amide bonds. The number of hydrogen-bond donors (Lipinski definition) is 2. The van der Waals surface area contributed by atoms with Crippen LogP contribution in [-0.2, 0) is 20.9 Å². The van der Waals surface area contributed by atoms with E-state index in [-0.39, 0.29) is 12.3 Å². The molecule has 8 heteroatoms. The van der Waals surface area contributed by atoms with E-state index in [1.54, 1.807) is 4.90 Å². The highest BCUT2D eigenvalue weighted by Crippen LogP contribution is 2.37. The van der Waals surface area contributed by atoms with Crippen LogP contribution in [0, 0.1) is 11.8 Å². The molecule has 1 aromatic rings. The van der Waals surface area contributed by atoms with E-state index in [9.17, 15) is 14.4 Å². The van der Waals surface area contributed by atoms with E-state index in [1.807, 2.05) is 20.2 Å². The normalized spacial score (nSPS) is 19.0. The number of primary amides is 1. The minimum atomic E-state index is -0.519. The number of fused-ring (bicyclic) bond motifs is 1. The van der Waals surface area contributed by atoms with Crippen molar-refractivity contribution < 1.29 is 19.2 Å². The largest absolute Gasteiger partial charge is 0.372 e. The molecule has 0 radical (unpaired) electrons. The average molecular weight is 487 g/mol. The number of aldehydes is 2. The number of hydrogen-bond acceptors (Lipinski definition) is 6. The lowest BCUT2D eigenvalue weighted by atomic mass is 9.76. The summed E-state index contributed by atoms with van der Waals surface area (Å²) in [6.45, 7) is 2.64. The van der Waals surface area contributed by atoms with Crippen molar-refractivity contribution in [3.05, 3.63) is 29.3 Å². The third-order valence-electron chi connectivity index (χ3n) is 7.28. The Hall–Kier alpha value is -2.74. The van der Waals surface area contributed by atoms with Gasteiger partial charge in [0.1, 0.15) is 12.6 Å². The number of carbonyl (C=O) groups is 4. The summed E-state index contributed by atoms with van der Waals surface area (Å²) in [6, 6.07) is 5.59. The monoisotopic (exact) mass is 486 g/mol. The fraction of sp³-hybridized carbons (Fsp3) is 0.630. The van der Waals surface area contributed by atoms with Gasteiger partial charge >= 0.3 is 0 Å². The molecule has 1 atom stereocenters. The third kappa shape index (κ3) is 7.88. The molecule has 0 aromatic heterocycles. The van der Waals surface area contributed by atoms with E-state index in [1.165, 1.54) is 50.6 Å². The van der Waals surface area contributed by atoms with Crippen LogP contribution >= 0.6 is 0 Å². The Kier molecular flexibility index (Phi) is 12.5. The lowest BCUT2D eigenvalue weighted by molar-refractivity contribution is -0.112. The van der Waals surface area contributed by atoms with Crippen molar-refractivity contribution in [2.45, 2.75) is 70.4 Å². The minimum absolute atomic E-state index is 0.0921. The van der Waals surface area contributed by atoms with E-state index in [0.29, 0.717) is 24.9 Å². The molecular weight excluding hydrogens is 444 g/mol. The first-order valence-corrected chi connectivity index (χ1v) is 12.9. The maximum absolute atomic E-state index is 12.7. The average Bonchev–Trinajstić information content (AvgIpc) is 3.22. The molecule has 1 aliphatic carbocycles. The lowest BCUT2D eigenvalue weighted by Crippen LogP contribution is -2.36. The van der Waals surface area contributed by atoms with Crippen LogP contribution in [0.3, 0.4) is 0 Å². The van der Waals surface area contributed by atoms with Crippen molar-refractivity contribution in [1.82, 2.24) is 10.2 Å². The molecule has 3 aliphatic rings. The zero-order valence-corrected chi connectivity index (χ0v) is 21.3. The summed E-state index contributed by atoms with van der Waals surface area (Å²) < 4.78 is 0. The van der Waals surface area contributed by atoms with Crippen LogP contribution in [0.25, 0.3) is 0 Å². The van der Waals surface area contributed by atoms with Crippen molar-refractivity contribution >= 4 is 30.6 Å². The first-order valence-electron chi connectivity index (χ1n) is 12.9. The summed E-state index contributed by atoms with van der Waals surface area (Å²) in [7, 11) is 3.75. The van der Waals surface area contributed by atoms with Gasteiger partial charge in [0, 0.05) is 37.3 Å². The third-order valence-corrected chi connectivity index (χ3v) is 7.28. The van der Waals surface area contributed by atoms with Gasteiger partial charge in [-0.25, -0.2) is 0 Å². The molecule has 2 aliphatic heterocycles. The molecule has 2 fully saturated rings. The second kappa shape index (κ2) is 15.3. The van der Waals surface area contributed by atoms with Crippen LogP contribution in [0.5, 0.6) is 0 Å². The van der Waals surface area contributed by atoms with Crippen molar-refractivity contribution in [3.63, 3.8) is 0 Å². The lowest BCUT2D eigenvalue weighted by Gasteiger charge is -2.38. The standard InChI is InChI=1S/C24H32N2O3.C2H7N.CH3NO/c27-14-4-7-22(17-28)26-16-20-15-21(8-9-23(20)24(26)29)25-12-10-19(11-13-25)18-5-2-1-3-6-18;1-3-2;2-1-3/h8-9,14-15,17-19,22H,1-7,10-13,16H2;3H,1-2H3;1H,(H2,2,3). The van der Waals surface area contributed by atoms with Crippen LogP contribution < -0.4 is 16.0 Å². The first kappa shape index (κ1) is 28.5. The zero-order valence-electron chi connectivity index (χ0n) is 21.3. The highest BCUT2D eigenvalue weighted by molar-refractivity contribution is 6.00. The molecule has 194 valence electrons. The van der Waals surface area contributed by atoms with Gasteiger partial charge in [-0.3, -0.25) is 9.59 Å². The second-order valence-corrected chi connectivity index (χ2v) is 9.58. The summed E-state index contributed by atoms with van der Waals surface area (Å²) >= 11 is 0. The van der Waals surface area contributed by atoms with Gasteiger partial charge < -0.3 is 30.4 Å². The minimum Gasteiger partial charge on any atom is -0.372 e. The summed E-state index contributed by atoms with van der Waals surface area (Å²) in [5, 5.41) is 2.75. The molecular formula is C27H42N4O4. The fourth-order valence-electron chi connectivity index (χ4n) is 5.56. The second-order valence-electron chi connectivity index (χ2n) is 9.58. The molecule has 1 saturated heterocycles. The maximum Gasteiger partial charge on any atom is 0.255 e. The van der Waals surface area contributed by atoms with Crippen LogP contribution in [0.2, 0.25) is 0 Å². The molecule has 8 nitrogen and oxygen atoms in total. The number of amides is 2. The fourth-order valence-corrected chi connectivity index (χ4v) is 5.56. The highest BCUT2D eigenvalue weighted by atomic mass is 16.2. The van der Waals surface area contributed by atoms with E-state index < -0.39 is 6.04 Å². The molecule has 2 heterocycles. The van der Waals surface area contributed by atoms with Crippen LogP contribution in [0.15, 0.2) is 18.2 Å². The molecule has 1 saturated carbocycles. The quantitative estimate of drug-likeness (QED) is 0.573. The van der Waals surface area contributed by atoms with Gasteiger partial charge in [-0.15, -0.1) is 0 Å². The number of piperidine rings is 1. The Morgan fingerprint density at radius 3 is 2.20 bits per heavy atom. The number of nitrogens with one attached hydrogen (secondary N) is 1. The van der Waals surface area contributed by atoms with Gasteiger partial charge in [0.2, 0.25) is 6.41 Å². The Morgan fingerprint density at radius 1 is 1.03 bits per heavy atom. The molecule has 4 rings (SSSR count). The topological polar surface area (TPSA) is 113 Å². The van der Waals surface area contributed by atoms with E-state index in [0.717, 1.165) is 43.1 Å². The molecule has 3 N–H and O–H groups in total. The Balaban J connectivity index is 0.000000655. The van der Waals surface area contributed by atoms with Gasteiger partial charge in [-0.1, -0.05) is 32.1 Å². The van der Waals surface area contributed by atoms with Crippen molar-refractivity contribution in [2.75, 3.05) is 32.1 Å². The number of benzene rings is 1. The van der Waals surface area contributed by atoms with Crippen LogP contribution in [-0.4, -0.2) is 63.0 Å². The number of nitrogens with zero attached hydrogens (tertiary/aromatic N) is 2. The van der Waals surface area contributed by atoms with Gasteiger partial charge in [-0.05, 0) is 69.0 Å². The van der Waals surface area contributed by atoms with Gasteiger partial charge in [0.05, 0.1) is 6.04 Å². The number of carbonyl (C=O) groups excluding carboxylic acids is 4. The molecule has 35 heavy (non-hydrogen) atoms. The number of rotatable bonds is 7. The predicted octanol–water partition coefficient (Wildman–Crippen LogP) is 2.92. The summed E-state index contributed by atoms with van der Waals surface area (Å²) in [4.78, 5) is 47.5. The van der Waals surface area contributed by atoms with Crippen molar-refractivity contribution in [3.8, 4) is 0 Å². The van der Waals surface area contributed by atoms with Crippen molar-refractivity contribution in [1.29, 1.82) is 0 Å². The first-order chi connectivity index (χ1) is 17.0. The van der Waals surface area contributed by atoms with Crippen LogP contribution in [0.1, 0.15) is 73.7 Å². The van der Waals surface area contributed by atoms with Crippen LogP contribution in [0.4, 0.5) is 5.69 Å². The molecule has 1 aromatic carbocycles. The van der Waals surface area contributed by atoms with Gasteiger partial charge in [0.15, 0.2) is 0 Å². The summed E-state index contributed by atoms with van der Waals surface area (Å²) in [5.41, 5.74) is 7.06. The molecule has 1 unspecified atom stereocenters. The van der Waals surface area contributed by atoms with E-state index >= 15 is 0 Å². The predicted molar refractivity (Wildman–Crippen MR) is 138 cm³/mol. The highest BCUT2D eigenvalue weighted by Gasteiger charge is 2.33.